The lowest BCUT2D eigenvalue weighted by molar-refractivity contribution is -0.0537. The summed E-state index contributed by atoms with van der Waals surface area (Å²) < 4.78 is 30.1. The third kappa shape index (κ3) is 6.90. The fraction of sp³-hybridized carbons (Fsp3) is 0.520. The number of piperidine rings is 1. The van der Waals surface area contributed by atoms with Crippen LogP contribution in [0.25, 0.3) is 0 Å². The maximum atomic E-state index is 13.0. The number of benzene rings is 2. The molecule has 0 aromatic heterocycles. The molecule has 0 saturated carbocycles. The molecular formula is C25H33FN2O4. The Morgan fingerprint density at radius 3 is 2.41 bits per heavy atom. The minimum atomic E-state index is -0.852. The Labute approximate surface area is 189 Å². The molecule has 1 N–H and O–H groups in total. The van der Waals surface area contributed by atoms with Gasteiger partial charge < -0.3 is 19.3 Å². The Hall–Kier alpha value is -2.19. The van der Waals surface area contributed by atoms with Gasteiger partial charge in [-0.2, -0.15) is 0 Å². The molecule has 2 aromatic rings. The van der Waals surface area contributed by atoms with Crippen LogP contribution in [-0.2, 0) is 11.3 Å². The molecule has 2 aromatic carbocycles. The molecule has 2 aliphatic rings. The molecule has 4 rings (SSSR count). The Kier molecular flexibility index (Phi) is 7.97. The highest BCUT2D eigenvalue weighted by atomic mass is 19.1. The third-order valence-electron chi connectivity index (χ3n) is 6.19. The van der Waals surface area contributed by atoms with Crippen molar-refractivity contribution in [1.29, 1.82) is 0 Å². The van der Waals surface area contributed by atoms with Crippen molar-refractivity contribution in [3.05, 3.63) is 59.9 Å². The van der Waals surface area contributed by atoms with Crippen molar-refractivity contribution in [2.45, 2.75) is 25.0 Å². The van der Waals surface area contributed by atoms with Gasteiger partial charge in [0.15, 0.2) is 0 Å². The van der Waals surface area contributed by atoms with Crippen LogP contribution < -0.4 is 9.47 Å². The molecule has 0 bridgehead atoms. The molecule has 2 aliphatic heterocycles. The highest BCUT2D eigenvalue weighted by Gasteiger charge is 2.33. The van der Waals surface area contributed by atoms with Crippen molar-refractivity contribution in [2.75, 3.05) is 59.2 Å². The fourth-order valence-electron chi connectivity index (χ4n) is 4.13. The molecular weight excluding hydrogens is 411 g/mol. The van der Waals surface area contributed by atoms with E-state index in [2.05, 4.69) is 21.9 Å². The lowest BCUT2D eigenvalue weighted by Crippen LogP contribution is -2.47. The number of nitrogens with zero attached hydrogens (tertiary/aromatic N) is 2. The van der Waals surface area contributed by atoms with Gasteiger partial charge in [-0.1, -0.05) is 12.1 Å². The molecule has 2 heterocycles. The van der Waals surface area contributed by atoms with Crippen LogP contribution in [0, 0.1) is 5.82 Å². The van der Waals surface area contributed by atoms with Crippen molar-refractivity contribution in [1.82, 2.24) is 9.80 Å². The second kappa shape index (κ2) is 11.1. The van der Waals surface area contributed by atoms with E-state index in [1.54, 1.807) is 12.1 Å². The summed E-state index contributed by atoms with van der Waals surface area (Å²) in [4.78, 5) is 4.71. The lowest BCUT2D eigenvalue weighted by atomic mass is 9.92. The van der Waals surface area contributed by atoms with Gasteiger partial charge in [-0.05, 0) is 54.8 Å². The highest BCUT2D eigenvalue weighted by Crippen LogP contribution is 2.25. The van der Waals surface area contributed by atoms with E-state index < -0.39 is 5.60 Å². The molecule has 6 nitrogen and oxygen atoms in total. The van der Waals surface area contributed by atoms with Gasteiger partial charge >= 0.3 is 0 Å². The molecule has 0 radical (unpaired) electrons. The average molecular weight is 445 g/mol. The highest BCUT2D eigenvalue weighted by molar-refractivity contribution is 5.28. The van der Waals surface area contributed by atoms with E-state index in [1.807, 2.05) is 12.1 Å². The van der Waals surface area contributed by atoms with Crippen LogP contribution in [-0.4, -0.2) is 79.7 Å². The zero-order chi connectivity index (χ0) is 22.2. The summed E-state index contributed by atoms with van der Waals surface area (Å²) in [7, 11) is 0. The number of halogens is 1. The molecule has 0 aliphatic carbocycles. The summed E-state index contributed by atoms with van der Waals surface area (Å²) >= 11 is 0. The van der Waals surface area contributed by atoms with Gasteiger partial charge in [-0.15, -0.1) is 0 Å². The first-order valence-corrected chi connectivity index (χ1v) is 11.4. The minimum absolute atomic E-state index is 0.221. The van der Waals surface area contributed by atoms with E-state index in [4.69, 9.17) is 14.2 Å². The van der Waals surface area contributed by atoms with Gasteiger partial charge in [0.1, 0.15) is 36.1 Å². The Morgan fingerprint density at radius 1 is 0.906 bits per heavy atom. The van der Waals surface area contributed by atoms with Gasteiger partial charge in [-0.3, -0.25) is 9.80 Å². The SMILES string of the molecule is OC1(COc2ccc(F)cc2)CCN(Cc2cccc(OCCN3CCOCC3)c2)CC1. The zero-order valence-electron chi connectivity index (χ0n) is 18.5. The normalized spacial score (nSPS) is 19.6. The number of rotatable bonds is 9. The third-order valence-corrected chi connectivity index (χ3v) is 6.19. The maximum absolute atomic E-state index is 13.0. The molecule has 0 spiro atoms. The predicted octanol–water partition coefficient (Wildman–Crippen LogP) is 2.94. The van der Waals surface area contributed by atoms with E-state index in [-0.39, 0.29) is 12.4 Å². The monoisotopic (exact) mass is 444 g/mol. The molecule has 32 heavy (non-hydrogen) atoms. The fourth-order valence-corrected chi connectivity index (χ4v) is 4.13. The van der Waals surface area contributed by atoms with E-state index >= 15 is 0 Å². The van der Waals surface area contributed by atoms with Crippen LogP contribution >= 0.6 is 0 Å². The standard InChI is InChI=1S/C25H33FN2O4/c26-22-4-6-23(7-5-22)32-20-25(29)8-10-28(11-9-25)19-21-2-1-3-24(18-21)31-17-14-27-12-15-30-16-13-27/h1-7,18,29H,8-17,19-20H2. The van der Waals surface area contributed by atoms with E-state index in [0.717, 1.165) is 58.2 Å². The summed E-state index contributed by atoms with van der Waals surface area (Å²) in [5, 5.41) is 10.9. The summed E-state index contributed by atoms with van der Waals surface area (Å²) in [6, 6.07) is 14.2. The van der Waals surface area contributed by atoms with Crippen LogP contribution in [0.5, 0.6) is 11.5 Å². The largest absolute Gasteiger partial charge is 0.492 e. The Bertz CT molecular complexity index is 834. The van der Waals surface area contributed by atoms with E-state index in [1.165, 1.54) is 17.7 Å². The van der Waals surface area contributed by atoms with Crippen molar-refractivity contribution in [2.24, 2.45) is 0 Å². The number of ether oxygens (including phenoxy) is 3. The topological polar surface area (TPSA) is 54.4 Å². The second-order valence-electron chi connectivity index (χ2n) is 8.69. The molecule has 2 fully saturated rings. The van der Waals surface area contributed by atoms with Crippen LogP contribution in [0.15, 0.2) is 48.5 Å². The van der Waals surface area contributed by atoms with Crippen molar-refractivity contribution in [3.8, 4) is 11.5 Å². The first-order chi connectivity index (χ1) is 15.6. The molecule has 0 amide bonds. The predicted molar refractivity (Wildman–Crippen MR) is 121 cm³/mol. The van der Waals surface area contributed by atoms with E-state index in [9.17, 15) is 9.50 Å². The van der Waals surface area contributed by atoms with Crippen LogP contribution in [0.4, 0.5) is 4.39 Å². The number of likely N-dealkylation sites (tertiary alicyclic amines) is 1. The van der Waals surface area contributed by atoms with Gasteiger partial charge in [-0.25, -0.2) is 4.39 Å². The van der Waals surface area contributed by atoms with Gasteiger partial charge in [0.2, 0.25) is 0 Å². The molecule has 0 atom stereocenters. The van der Waals surface area contributed by atoms with E-state index in [0.29, 0.717) is 25.2 Å². The van der Waals surface area contributed by atoms with Crippen molar-refractivity contribution in [3.63, 3.8) is 0 Å². The Morgan fingerprint density at radius 2 is 1.66 bits per heavy atom. The number of morpholine rings is 1. The van der Waals surface area contributed by atoms with Gasteiger partial charge in [0, 0.05) is 39.3 Å². The summed E-state index contributed by atoms with van der Waals surface area (Å²) in [6.07, 6.45) is 1.29. The summed E-state index contributed by atoms with van der Waals surface area (Å²) in [6.45, 7) is 7.79. The smallest absolute Gasteiger partial charge is 0.123 e. The average Bonchev–Trinajstić information content (AvgIpc) is 2.82. The summed E-state index contributed by atoms with van der Waals surface area (Å²) in [5.41, 5.74) is 0.358. The van der Waals surface area contributed by atoms with Crippen LogP contribution in [0.1, 0.15) is 18.4 Å². The summed E-state index contributed by atoms with van der Waals surface area (Å²) in [5.74, 6) is 1.18. The number of hydrogen-bond acceptors (Lipinski definition) is 6. The lowest BCUT2D eigenvalue weighted by Gasteiger charge is -2.38. The first-order valence-electron chi connectivity index (χ1n) is 11.4. The zero-order valence-corrected chi connectivity index (χ0v) is 18.5. The number of aliphatic hydroxyl groups is 1. The molecule has 7 heteroatoms. The van der Waals surface area contributed by atoms with Crippen LogP contribution in [0.3, 0.4) is 0 Å². The van der Waals surface area contributed by atoms with Crippen molar-refractivity contribution < 1.29 is 23.7 Å². The minimum Gasteiger partial charge on any atom is -0.492 e. The second-order valence-corrected chi connectivity index (χ2v) is 8.69. The van der Waals surface area contributed by atoms with Crippen LogP contribution in [0.2, 0.25) is 0 Å². The Balaban J connectivity index is 1.19. The molecule has 0 unspecified atom stereocenters. The van der Waals surface area contributed by atoms with Gasteiger partial charge in [0.25, 0.3) is 0 Å². The number of hydrogen-bond donors (Lipinski definition) is 1. The molecule has 2 saturated heterocycles. The van der Waals surface area contributed by atoms with Crippen molar-refractivity contribution >= 4 is 0 Å². The van der Waals surface area contributed by atoms with Gasteiger partial charge in [0.05, 0.1) is 13.2 Å². The molecule has 174 valence electrons. The maximum Gasteiger partial charge on any atom is 0.123 e. The quantitative estimate of drug-likeness (QED) is 0.642. The first kappa shape index (κ1) is 23.0.